The van der Waals surface area contributed by atoms with Crippen LogP contribution in [0.15, 0.2) is 42.7 Å². The van der Waals surface area contributed by atoms with Gasteiger partial charge in [-0.2, -0.15) is 8.78 Å². The molecule has 0 bridgehead atoms. The second kappa shape index (κ2) is 5.13. The van der Waals surface area contributed by atoms with Crippen molar-refractivity contribution in [2.45, 2.75) is 32.1 Å². The lowest BCUT2D eigenvalue weighted by molar-refractivity contribution is 0.0428. The third-order valence-corrected chi connectivity index (χ3v) is 3.53. The molecule has 0 amide bonds. The molecule has 0 spiro atoms. The Morgan fingerprint density at radius 1 is 0.950 bits per heavy atom. The average Bonchev–Trinajstić information content (AvgIpc) is 2.38. The van der Waals surface area contributed by atoms with Crippen LogP contribution < -0.4 is 0 Å². The molecule has 0 atom stereocenters. The predicted molar refractivity (Wildman–Crippen MR) is 77.4 cm³/mol. The number of halogens is 3. The minimum absolute atomic E-state index is 0.0302. The smallest absolute Gasteiger partial charge is 0.263 e. The van der Waals surface area contributed by atoms with Crippen LogP contribution in [0.2, 0.25) is 5.02 Å². The number of hydrogen-bond donors (Lipinski definition) is 0. The van der Waals surface area contributed by atoms with E-state index < -0.39 is 5.92 Å². The van der Waals surface area contributed by atoms with Crippen LogP contribution in [0.5, 0.6) is 0 Å². The van der Waals surface area contributed by atoms with Gasteiger partial charge in [0.1, 0.15) is 0 Å². The number of aromatic nitrogens is 1. The molecule has 0 aliphatic rings. The van der Waals surface area contributed by atoms with E-state index >= 15 is 0 Å². The minimum atomic E-state index is -3.13. The molecule has 0 fully saturated rings. The second-order valence-corrected chi connectivity index (χ2v) is 6.16. The summed E-state index contributed by atoms with van der Waals surface area (Å²) in [5.74, 6) is -3.13. The first-order chi connectivity index (χ1) is 9.23. The number of benzene rings is 1. The van der Waals surface area contributed by atoms with E-state index in [1.165, 1.54) is 30.6 Å². The van der Waals surface area contributed by atoms with Gasteiger partial charge in [0.2, 0.25) is 0 Å². The molecule has 20 heavy (non-hydrogen) atoms. The zero-order valence-corrected chi connectivity index (χ0v) is 12.4. The molecule has 1 aromatic carbocycles. The summed E-state index contributed by atoms with van der Waals surface area (Å²) in [7, 11) is 0. The molecule has 106 valence electrons. The normalized spacial score (nSPS) is 12.5. The van der Waals surface area contributed by atoms with Gasteiger partial charge in [-0.25, -0.2) is 0 Å². The summed E-state index contributed by atoms with van der Waals surface area (Å²) in [5, 5.41) is -0.0302. The van der Waals surface area contributed by atoms with E-state index in [1.807, 2.05) is 20.8 Å². The summed E-state index contributed by atoms with van der Waals surface area (Å²) in [4.78, 5) is 3.73. The Balaban J connectivity index is 2.43. The molecule has 2 rings (SSSR count). The molecule has 2 aromatic rings. The monoisotopic (exact) mass is 295 g/mol. The van der Waals surface area contributed by atoms with Gasteiger partial charge in [0, 0.05) is 23.5 Å². The van der Waals surface area contributed by atoms with Crippen LogP contribution in [-0.4, -0.2) is 4.98 Å². The Bertz CT molecular complexity index is 601. The zero-order chi connectivity index (χ0) is 15.0. The molecule has 0 aliphatic heterocycles. The molecule has 4 heteroatoms. The maximum atomic E-state index is 14.5. The van der Waals surface area contributed by atoms with E-state index in [9.17, 15) is 8.78 Å². The van der Waals surface area contributed by atoms with Gasteiger partial charge in [-0.15, -0.1) is 0 Å². The highest BCUT2D eigenvalue weighted by Gasteiger charge is 2.36. The summed E-state index contributed by atoms with van der Waals surface area (Å²) in [6.07, 6.45) is 2.55. The van der Waals surface area contributed by atoms with Gasteiger partial charge in [0.25, 0.3) is 5.92 Å². The van der Waals surface area contributed by atoms with Crippen molar-refractivity contribution in [1.29, 1.82) is 0 Å². The number of alkyl halides is 2. The average molecular weight is 296 g/mol. The summed E-state index contributed by atoms with van der Waals surface area (Å²) in [6.45, 7) is 6.12. The van der Waals surface area contributed by atoms with E-state index in [4.69, 9.17) is 11.6 Å². The van der Waals surface area contributed by atoms with Crippen molar-refractivity contribution in [2.75, 3.05) is 0 Å². The van der Waals surface area contributed by atoms with Crippen LogP contribution in [0, 0.1) is 0 Å². The van der Waals surface area contributed by atoms with Gasteiger partial charge in [0.05, 0.1) is 5.02 Å². The molecule has 0 unspecified atom stereocenters. The largest absolute Gasteiger partial charge is 0.300 e. The SMILES string of the molecule is CC(C)(C)c1ccc(C(F)(F)c2ccncc2Cl)cc1. The molecule has 0 N–H and O–H groups in total. The van der Waals surface area contributed by atoms with Crippen molar-refractivity contribution < 1.29 is 8.78 Å². The summed E-state index contributed by atoms with van der Waals surface area (Å²) in [5.41, 5.74) is 0.649. The van der Waals surface area contributed by atoms with Gasteiger partial charge < -0.3 is 0 Å². The zero-order valence-electron chi connectivity index (χ0n) is 11.6. The Labute approximate surface area is 122 Å². The van der Waals surface area contributed by atoms with Crippen molar-refractivity contribution in [3.8, 4) is 0 Å². The fourth-order valence-electron chi connectivity index (χ4n) is 1.96. The lowest BCUT2D eigenvalue weighted by atomic mass is 9.86. The molecule has 0 saturated carbocycles. The molecule has 1 nitrogen and oxygen atoms in total. The maximum absolute atomic E-state index is 14.5. The van der Waals surface area contributed by atoms with Crippen LogP contribution in [0.3, 0.4) is 0 Å². The summed E-state index contributed by atoms with van der Waals surface area (Å²) < 4.78 is 28.9. The van der Waals surface area contributed by atoms with Crippen molar-refractivity contribution in [1.82, 2.24) is 4.98 Å². The highest BCUT2D eigenvalue weighted by atomic mass is 35.5. The fourth-order valence-corrected chi connectivity index (χ4v) is 2.20. The van der Waals surface area contributed by atoms with E-state index in [1.54, 1.807) is 12.1 Å². The lowest BCUT2D eigenvalue weighted by Gasteiger charge is -2.22. The molecule has 1 heterocycles. The fraction of sp³-hybridized carbons (Fsp3) is 0.312. The topological polar surface area (TPSA) is 12.9 Å². The standard InChI is InChI=1S/C16H16ClF2N/c1-15(2,3)11-4-6-12(7-5-11)16(18,19)13-8-9-20-10-14(13)17/h4-10H,1-3H3. The van der Waals surface area contributed by atoms with Crippen LogP contribution in [-0.2, 0) is 11.3 Å². The van der Waals surface area contributed by atoms with Crippen LogP contribution in [0.4, 0.5) is 8.78 Å². The summed E-state index contributed by atoms with van der Waals surface area (Å²) >= 11 is 5.82. The lowest BCUT2D eigenvalue weighted by Crippen LogP contribution is -2.17. The minimum Gasteiger partial charge on any atom is -0.263 e. The summed E-state index contributed by atoms with van der Waals surface area (Å²) in [6, 6.07) is 7.63. The van der Waals surface area contributed by atoms with E-state index in [0.717, 1.165) is 5.56 Å². The third-order valence-electron chi connectivity index (χ3n) is 3.22. The molecule has 0 aliphatic carbocycles. The van der Waals surface area contributed by atoms with Gasteiger partial charge in [-0.05, 0) is 17.0 Å². The Kier molecular flexibility index (Phi) is 3.83. The van der Waals surface area contributed by atoms with Crippen LogP contribution in [0.1, 0.15) is 37.5 Å². The maximum Gasteiger partial charge on any atom is 0.300 e. The molecule has 0 saturated heterocycles. The number of nitrogens with zero attached hydrogens (tertiary/aromatic N) is 1. The number of rotatable bonds is 2. The van der Waals surface area contributed by atoms with Gasteiger partial charge in [-0.1, -0.05) is 56.6 Å². The van der Waals surface area contributed by atoms with E-state index in [0.29, 0.717) is 0 Å². The molecule has 0 radical (unpaired) electrons. The van der Waals surface area contributed by atoms with Crippen LogP contribution in [0.25, 0.3) is 0 Å². The van der Waals surface area contributed by atoms with Crippen molar-refractivity contribution >= 4 is 11.6 Å². The highest BCUT2D eigenvalue weighted by Crippen LogP contribution is 2.39. The highest BCUT2D eigenvalue weighted by molar-refractivity contribution is 6.31. The van der Waals surface area contributed by atoms with Gasteiger partial charge >= 0.3 is 0 Å². The van der Waals surface area contributed by atoms with E-state index in [2.05, 4.69) is 4.98 Å². The first-order valence-electron chi connectivity index (χ1n) is 6.32. The third kappa shape index (κ3) is 2.83. The van der Waals surface area contributed by atoms with E-state index in [-0.39, 0.29) is 21.6 Å². The Morgan fingerprint density at radius 2 is 1.50 bits per heavy atom. The molecular weight excluding hydrogens is 280 g/mol. The van der Waals surface area contributed by atoms with Crippen molar-refractivity contribution in [3.05, 3.63) is 64.4 Å². The first kappa shape index (κ1) is 14.9. The number of hydrogen-bond acceptors (Lipinski definition) is 1. The molecule has 1 aromatic heterocycles. The second-order valence-electron chi connectivity index (χ2n) is 5.76. The van der Waals surface area contributed by atoms with Gasteiger partial charge in [0.15, 0.2) is 0 Å². The first-order valence-corrected chi connectivity index (χ1v) is 6.69. The Hall–Kier alpha value is -1.48. The molecular formula is C16H16ClF2N. The quantitative estimate of drug-likeness (QED) is 0.744. The van der Waals surface area contributed by atoms with Gasteiger partial charge in [-0.3, -0.25) is 4.98 Å². The predicted octanol–water partition coefficient (Wildman–Crippen LogP) is 5.17. The Morgan fingerprint density at radius 3 is 2.00 bits per heavy atom. The van der Waals surface area contributed by atoms with Crippen molar-refractivity contribution in [3.63, 3.8) is 0 Å². The van der Waals surface area contributed by atoms with Crippen LogP contribution >= 0.6 is 11.6 Å². The number of pyridine rings is 1. The van der Waals surface area contributed by atoms with Crippen molar-refractivity contribution in [2.24, 2.45) is 0 Å².